The third-order valence-electron chi connectivity index (χ3n) is 2.58. The van der Waals surface area contributed by atoms with E-state index in [-0.39, 0.29) is 10.6 Å². The number of nitrogens with zero attached hydrogens (tertiary/aromatic N) is 1. The molecular weight excluding hydrogens is 328 g/mol. The molecule has 0 radical (unpaired) electrons. The molecule has 0 aliphatic heterocycles. The van der Waals surface area contributed by atoms with Crippen molar-refractivity contribution in [1.29, 1.82) is 0 Å². The topological polar surface area (TPSA) is 147 Å². The van der Waals surface area contributed by atoms with Crippen LogP contribution in [0.5, 0.6) is 0 Å². The highest BCUT2D eigenvalue weighted by molar-refractivity contribution is 7.89. The van der Waals surface area contributed by atoms with Crippen LogP contribution in [0.25, 0.3) is 0 Å². The number of aliphatic carboxylic acids is 1. The molecule has 1 aromatic carbocycles. The van der Waals surface area contributed by atoms with Gasteiger partial charge in [0.1, 0.15) is 6.04 Å². The van der Waals surface area contributed by atoms with E-state index in [1.807, 2.05) is 0 Å². The standard InChI is InChI=1S/C10H11ClN2O7S/c1-5-7(11)2-6(3-9(5)13(17)18)21(19,20)12-8(4-14)10(15)16/h2-3,8,12,14H,4H2,1H3,(H,15,16)/t8-/m1/s1. The van der Waals surface area contributed by atoms with E-state index < -0.39 is 44.1 Å². The summed E-state index contributed by atoms with van der Waals surface area (Å²) >= 11 is 5.74. The average molecular weight is 339 g/mol. The predicted octanol–water partition coefficient (Wildman–Crippen LogP) is 0.280. The van der Waals surface area contributed by atoms with Crippen LogP contribution in [0.3, 0.4) is 0 Å². The number of aliphatic hydroxyl groups excluding tert-OH is 1. The number of halogens is 1. The Morgan fingerprint density at radius 1 is 1.52 bits per heavy atom. The van der Waals surface area contributed by atoms with Crippen LogP contribution in [0.4, 0.5) is 5.69 Å². The third kappa shape index (κ3) is 3.88. The highest BCUT2D eigenvalue weighted by Crippen LogP contribution is 2.29. The van der Waals surface area contributed by atoms with E-state index in [2.05, 4.69) is 0 Å². The molecule has 9 nitrogen and oxygen atoms in total. The van der Waals surface area contributed by atoms with Crippen molar-refractivity contribution >= 4 is 33.3 Å². The Kier molecular flexibility index (Phi) is 5.23. The van der Waals surface area contributed by atoms with Gasteiger partial charge in [-0.2, -0.15) is 4.72 Å². The molecule has 0 aliphatic rings. The number of sulfonamides is 1. The molecule has 0 fully saturated rings. The largest absolute Gasteiger partial charge is 0.480 e. The lowest BCUT2D eigenvalue weighted by Crippen LogP contribution is -2.43. The Balaban J connectivity index is 3.32. The normalized spacial score (nSPS) is 12.9. The summed E-state index contributed by atoms with van der Waals surface area (Å²) in [7, 11) is -4.39. The van der Waals surface area contributed by atoms with Gasteiger partial charge in [0.05, 0.1) is 21.4 Å². The van der Waals surface area contributed by atoms with Gasteiger partial charge in [0, 0.05) is 11.6 Å². The Morgan fingerprint density at radius 3 is 2.52 bits per heavy atom. The van der Waals surface area contributed by atoms with E-state index in [1.165, 1.54) is 6.92 Å². The van der Waals surface area contributed by atoms with Gasteiger partial charge in [0.2, 0.25) is 10.0 Å². The predicted molar refractivity (Wildman–Crippen MR) is 71.7 cm³/mol. The Morgan fingerprint density at radius 2 is 2.10 bits per heavy atom. The van der Waals surface area contributed by atoms with Crippen molar-refractivity contribution in [3.63, 3.8) is 0 Å². The summed E-state index contributed by atoms with van der Waals surface area (Å²) in [5.41, 5.74) is -0.434. The van der Waals surface area contributed by atoms with E-state index in [0.717, 1.165) is 12.1 Å². The van der Waals surface area contributed by atoms with Crippen molar-refractivity contribution in [2.24, 2.45) is 0 Å². The van der Waals surface area contributed by atoms with Gasteiger partial charge in [0.15, 0.2) is 0 Å². The zero-order chi connectivity index (χ0) is 16.4. The average Bonchev–Trinajstić information content (AvgIpc) is 2.38. The number of hydrogen-bond donors (Lipinski definition) is 3. The fourth-order valence-electron chi connectivity index (χ4n) is 1.41. The maximum absolute atomic E-state index is 12.0. The first-order valence-electron chi connectivity index (χ1n) is 5.40. The zero-order valence-corrected chi connectivity index (χ0v) is 12.2. The van der Waals surface area contributed by atoms with Crippen LogP contribution in [-0.4, -0.2) is 42.2 Å². The molecule has 11 heteroatoms. The molecule has 0 spiro atoms. The van der Waals surface area contributed by atoms with Crippen molar-refractivity contribution in [2.75, 3.05) is 6.61 Å². The van der Waals surface area contributed by atoms with E-state index >= 15 is 0 Å². The van der Waals surface area contributed by atoms with E-state index in [1.54, 1.807) is 4.72 Å². The van der Waals surface area contributed by atoms with E-state index in [9.17, 15) is 23.3 Å². The molecule has 1 aromatic rings. The minimum Gasteiger partial charge on any atom is -0.480 e. The van der Waals surface area contributed by atoms with Crippen LogP contribution >= 0.6 is 11.6 Å². The van der Waals surface area contributed by atoms with Crippen molar-refractivity contribution < 1.29 is 28.3 Å². The second kappa shape index (κ2) is 6.35. The number of aliphatic hydroxyl groups is 1. The van der Waals surface area contributed by atoms with Crippen molar-refractivity contribution in [2.45, 2.75) is 17.9 Å². The van der Waals surface area contributed by atoms with Gasteiger partial charge in [0.25, 0.3) is 5.69 Å². The van der Waals surface area contributed by atoms with Gasteiger partial charge in [-0.3, -0.25) is 14.9 Å². The Bertz CT molecular complexity index is 689. The SMILES string of the molecule is Cc1c(Cl)cc(S(=O)(=O)N[C@H](CO)C(=O)O)cc1[N+](=O)[O-]. The smallest absolute Gasteiger partial charge is 0.324 e. The lowest BCUT2D eigenvalue weighted by molar-refractivity contribution is -0.385. The minimum atomic E-state index is -4.39. The molecule has 0 aromatic heterocycles. The summed E-state index contributed by atoms with van der Waals surface area (Å²) in [6.07, 6.45) is 0. The minimum absolute atomic E-state index is 0.0811. The molecule has 0 heterocycles. The molecule has 0 saturated heterocycles. The van der Waals surface area contributed by atoms with Crippen LogP contribution in [0.2, 0.25) is 5.02 Å². The highest BCUT2D eigenvalue weighted by atomic mass is 35.5. The Hall–Kier alpha value is -1.75. The molecular formula is C10H11ClN2O7S. The second-order valence-corrected chi connectivity index (χ2v) is 6.12. The first-order valence-corrected chi connectivity index (χ1v) is 7.26. The molecule has 0 bridgehead atoms. The molecule has 116 valence electrons. The van der Waals surface area contributed by atoms with Gasteiger partial charge in [-0.15, -0.1) is 0 Å². The lowest BCUT2D eigenvalue weighted by Gasteiger charge is -2.13. The summed E-state index contributed by atoms with van der Waals surface area (Å²) in [6.45, 7) is 0.369. The number of hydrogen-bond acceptors (Lipinski definition) is 6. The van der Waals surface area contributed by atoms with Crippen molar-refractivity contribution in [3.8, 4) is 0 Å². The van der Waals surface area contributed by atoms with Gasteiger partial charge < -0.3 is 10.2 Å². The third-order valence-corrected chi connectivity index (χ3v) is 4.42. The monoisotopic (exact) mass is 338 g/mol. The van der Waals surface area contributed by atoms with Gasteiger partial charge in [-0.05, 0) is 13.0 Å². The quantitative estimate of drug-likeness (QED) is 0.498. The molecule has 0 aliphatic carbocycles. The number of benzene rings is 1. The summed E-state index contributed by atoms with van der Waals surface area (Å²) in [5, 5.41) is 28.2. The number of carboxylic acids is 1. The summed E-state index contributed by atoms with van der Waals surface area (Å²) < 4.78 is 25.7. The number of nitro benzene ring substituents is 1. The van der Waals surface area contributed by atoms with E-state index in [4.69, 9.17) is 21.8 Å². The summed E-state index contributed by atoms with van der Waals surface area (Å²) in [4.78, 5) is 20.2. The molecule has 0 amide bonds. The maximum Gasteiger partial charge on any atom is 0.324 e. The van der Waals surface area contributed by atoms with Crippen molar-refractivity contribution in [3.05, 3.63) is 32.8 Å². The number of rotatable bonds is 6. The maximum atomic E-state index is 12.0. The van der Waals surface area contributed by atoms with Crippen LogP contribution in [0, 0.1) is 17.0 Å². The van der Waals surface area contributed by atoms with Gasteiger partial charge in [-0.25, -0.2) is 8.42 Å². The number of nitrogens with one attached hydrogen (secondary N) is 1. The first-order chi connectivity index (χ1) is 9.60. The van der Waals surface area contributed by atoms with Crippen LogP contribution in [0.15, 0.2) is 17.0 Å². The number of carbonyl (C=O) groups is 1. The number of nitro groups is 1. The fourth-order valence-corrected chi connectivity index (χ4v) is 2.91. The molecule has 21 heavy (non-hydrogen) atoms. The van der Waals surface area contributed by atoms with Crippen molar-refractivity contribution in [1.82, 2.24) is 4.72 Å². The fraction of sp³-hybridized carbons (Fsp3) is 0.300. The molecule has 0 unspecified atom stereocenters. The first kappa shape index (κ1) is 17.3. The summed E-state index contributed by atoms with van der Waals surface area (Å²) in [5.74, 6) is -1.59. The summed E-state index contributed by atoms with van der Waals surface area (Å²) in [6, 6.07) is -0.0448. The van der Waals surface area contributed by atoms with E-state index in [0.29, 0.717) is 0 Å². The lowest BCUT2D eigenvalue weighted by atomic mass is 10.2. The molecule has 0 saturated carbocycles. The van der Waals surface area contributed by atoms with Crippen LogP contribution < -0.4 is 4.72 Å². The van der Waals surface area contributed by atoms with Crippen LogP contribution in [0.1, 0.15) is 5.56 Å². The highest BCUT2D eigenvalue weighted by Gasteiger charge is 2.27. The number of carboxylic acid groups (broad SMARTS) is 1. The van der Waals surface area contributed by atoms with Gasteiger partial charge in [-0.1, -0.05) is 11.6 Å². The molecule has 3 N–H and O–H groups in total. The van der Waals surface area contributed by atoms with Crippen LogP contribution in [-0.2, 0) is 14.8 Å². The Labute approximate surface area is 124 Å². The second-order valence-electron chi connectivity index (χ2n) is 4.00. The molecule has 1 rings (SSSR count). The van der Waals surface area contributed by atoms with Gasteiger partial charge >= 0.3 is 5.97 Å². The zero-order valence-electron chi connectivity index (χ0n) is 10.6. The molecule has 1 atom stereocenters.